The highest BCUT2D eigenvalue weighted by Gasteiger charge is 2.36. The summed E-state index contributed by atoms with van der Waals surface area (Å²) < 4.78 is 6.07. The summed E-state index contributed by atoms with van der Waals surface area (Å²) in [5.74, 6) is 0.970. The maximum atomic E-state index is 10.3. The van der Waals surface area contributed by atoms with Gasteiger partial charge in [-0.15, -0.1) is 0 Å². The predicted octanol–water partition coefficient (Wildman–Crippen LogP) is 3.80. The Morgan fingerprint density at radius 2 is 1.92 bits per heavy atom. The maximum Gasteiger partial charge on any atom is 0.309 e. The second-order valence-electron chi connectivity index (χ2n) is 8.34. The van der Waals surface area contributed by atoms with Crippen molar-refractivity contribution in [2.75, 3.05) is 6.54 Å². The fraction of sp³-hybridized carbons (Fsp3) is 0.714. The van der Waals surface area contributed by atoms with Crippen LogP contribution in [0.1, 0.15) is 67.7 Å². The highest BCUT2D eigenvalue weighted by atomic mass is 16.5. The van der Waals surface area contributed by atoms with E-state index in [-0.39, 0.29) is 0 Å². The van der Waals surface area contributed by atoms with Crippen LogP contribution in [0.5, 0.6) is 0 Å². The smallest absolute Gasteiger partial charge is 0.309 e. The van der Waals surface area contributed by atoms with Crippen LogP contribution < -0.4 is 10.6 Å². The zero-order valence-corrected chi connectivity index (χ0v) is 17.9. The van der Waals surface area contributed by atoms with Crippen LogP contribution in [0.25, 0.3) is 0 Å². The topological polar surface area (TPSA) is 53.5 Å². The van der Waals surface area contributed by atoms with Crippen molar-refractivity contribution >= 4 is 7.48 Å². The summed E-state index contributed by atoms with van der Waals surface area (Å²) in [5.41, 5.74) is 0.920. The normalized spacial score (nSPS) is 21.4. The third-order valence-electron chi connectivity index (χ3n) is 5.45. The summed E-state index contributed by atoms with van der Waals surface area (Å²) in [6, 6.07) is 0. The number of allylic oxidation sites excluding steroid dienone is 4. The molecule has 0 radical (unpaired) electrons. The van der Waals surface area contributed by atoms with Gasteiger partial charge >= 0.3 is 7.48 Å². The number of aliphatic hydroxyl groups is 1. The zero-order valence-electron chi connectivity index (χ0n) is 17.9. The first-order valence-electron chi connectivity index (χ1n) is 10.1. The van der Waals surface area contributed by atoms with Crippen LogP contribution in [0.15, 0.2) is 35.7 Å². The molecule has 4 nitrogen and oxygen atoms in total. The van der Waals surface area contributed by atoms with E-state index < -0.39 is 11.2 Å². The Hall–Kier alpha value is -1.20. The molecule has 0 fully saturated rings. The van der Waals surface area contributed by atoms with Crippen LogP contribution in [0.2, 0.25) is 0 Å². The van der Waals surface area contributed by atoms with E-state index in [4.69, 9.17) is 4.65 Å². The molecule has 0 aliphatic heterocycles. The Balaban J connectivity index is 2.87. The van der Waals surface area contributed by atoms with Crippen molar-refractivity contribution in [3.63, 3.8) is 0 Å². The van der Waals surface area contributed by atoms with Crippen LogP contribution in [0.4, 0.5) is 0 Å². The lowest BCUT2D eigenvalue weighted by atomic mass is 9.73. The second-order valence-corrected chi connectivity index (χ2v) is 8.34. The van der Waals surface area contributed by atoms with Crippen LogP contribution in [0.3, 0.4) is 0 Å². The molecule has 1 aliphatic carbocycles. The van der Waals surface area contributed by atoms with E-state index >= 15 is 0 Å². The molecule has 148 valence electrons. The highest BCUT2D eigenvalue weighted by Crippen LogP contribution is 2.32. The molecule has 3 N–H and O–H groups in total. The average Bonchev–Trinajstić information content (AvgIpc) is 2.55. The van der Waals surface area contributed by atoms with Gasteiger partial charge in [-0.3, -0.25) is 0 Å². The van der Waals surface area contributed by atoms with Gasteiger partial charge in [0.25, 0.3) is 0 Å². The van der Waals surface area contributed by atoms with Crippen LogP contribution in [-0.4, -0.2) is 30.3 Å². The van der Waals surface area contributed by atoms with E-state index in [9.17, 15) is 5.11 Å². The molecule has 2 unspecified atom stereocenters. The highest BCUT2D eigenvalue weighted by molar-refractivity contribution is 6.39. The summed E-state index contributed by atoms with van der Waals surface area (Å²) in [7, 11) is 0.504. The van der Waals surface area contributed by atoms with Crippen molar-refractivity contribution in [2.45, 2.75) is 78.9 Å². The van der Waals surface area contributed by atoms with Crippen molar-refractivity contribution in [1.82, 2.24) is 10.6 Å². The van der Waals surface area contributed by atoms with Gasteiger partial charge in [0.05, 0.1) is 11.2 Å². The van der Waals surface area contributed by atoms with Gasteiger partial charge in [-0.25, -0.2) is 0 Å². The third-order valence-corrected chi connectivity index (χ3v) is 5.45. The van der Waals surface area contributed by atoms with E-state index in [1.54, 1.807) is 13.8 Å². The van der Waals surface area contributed by atoms with Gasteiger partial charge in [-0.1, -0.05) is 38.2 Å². The fourth-order valence-electron chi connectivity index (χ4n) is 2.93. The van der Waals surface area contributed by atoms with Crippen LogP contribution in [-0.2, 0) is 4.65 Å². The first-order chi connectivity index (χ1) is 12.1. The monoisotopic (exact) mass is 362 g/mol. The molecular formula is C21H39BN2O2. The van der Waals surface area contributed by atoms with Gasteiger partial charge in [-0.05, 0) is 53.0 Å². The Morgan fingerprint density at radius 1 is 1.23 bits per heavy atom. The lowest BCUT2D eigenvalue weighted by Crippen LogP contribution is -2.48. The fourth-order valence-corrected chi connectivity index (χ4v) is 2.93. The SMILES string of the molecule is CCCCC1C(N/C=C\NCC)=CC(BOC(C)(C)C(C)(C)O)=CC1C. The molecule has 1 rings (SSSR count). The standard InChI is InChI=1S/C21H39BN2O2/c1-8-10-11-18-16(3)14-17(15-19(18)24-13-12-23-9-2)22-26-21(6,7)20(4,5)25/h12-16,18,22-25H,8-11H2,1-7H3/b13-12-. The van der Waals surface area contributed by atoms with E-state index in [0.29, 0.717) is 19.3 Å². The minimum atomic E-state index is -0.892. The Kier molecular flexibility index (Phi) is 8.98. The molecule has 0 aromatic carbocycles. The molecule has 2 atom stereocenters. The Bertz CT molecular complexity index is 519. The first kappa shape index (κ1) is 22.8. The third kappa shape index (κ3) is 6.84. The summed E-state index contributed by atoms with van der Waals surface area (Å²) >= 11 is 0. The molecule has 0 spiro atoms. The number of hydrogen-bond acceptors (Lipinski definition) is 4. The summed E-state index contributed by atoms with van der Waals surface area (Å²) in [4.78, 5) is 0. The van der Waals surface area contributed by atoms with Gasteiger partial charge in [0, 0.05) is 30.6 Å². The van der Waals surface area contributed by atoms with Crippen molar-refractivity contribution in [3.8, 4) is 0 Å². The van der Waals surface area contributed by atoms with Crippen LogP contribution in [0, 0.1) is 11.8 Å². The lowest BCUT2D eigenvalue weighted by Gasteiger charge is -2.38. The minimum absolute atomic E-state index is 0.463. The summed E-state index contributed by atoms with van der Waals surface area (Å²) in [6.07, 6.45) is 12.1. The molecule has 0 aromatic rings. The average molecular weight is 362 g/mol. The van der Waals surface area contributed by atoms with E-state index in [1.165, 1.54) is 30.4 Å². The van der Waals surface area contributed by atoms with E-state index in [2.05, 4.69) is 43.6 Å². The van der Waals surface area contributed by atoms with Crippen molar-refractivity contribution in [2.24, 2.45) is 11.8 Å². The summed E-state index contributed by atoms with van der Waals surface area (Å²) in [6.45, 7) is 15.0. The van der Waals surface area contributed by atoms with Crippen molar-refractivity contribution < 1.29 is 9.76 Å². The molecule has 0 bridgehead atoms. The predicted molar refractivity (Wildman–Crippen MR) is 113 cm³/mol. The second kappa shape index (κ2) is 10.2. The zero-order chi connectivity index (χ0) is 19.8. The number of hydrogen-bond donors (Lipinski definition) is 3. The first-order valence-corrected chi connectivity index (χ1v) is 10.1. The van der Waals surface area contributed by atoms with Gasteiger partial charge in [0.2, 0.25) is 0 Å². The number of rotatable bonds is 11. The molecule has 0 saturated heterocycles. The molecule has 5 heteroatoms. The molecule has 26 heavy (non-hydrogen) atoms. The molecule has 0 saturated carbocycles. The van der Waals surface area contributed by atoms with Crippen LogP contribution >= 0.6 is 0 Å². The maximum absolute atomic E-state index is 10.3. The van der Waals surface area contributed by atoms with Gasteiger partial charge in [0.1, 0.15) is 0 Å². The lowest BCUT2D eigenvalue weighted by molar-refractivity contribution is -0.0896. The Morgan fingerprint density at radius 3 is 2.50 bits per heavy atom. The molecule has 1 aliphatic rings. The molecule has 0 heterocycles. The molecule has 0 aromatic heterocycles. The van der Waals surface area contributed by atoms with Crippen molar-refractivity contribution in [3.05, 3.63) is 35.7 Å². The minimum Gasteiger partial charge on any atom is -0.427 e. The number of nitrogens with one attached hydrogen (secondary N) is 2. The number of unbranched alkanes of at least 4 members (excludes halogenated alkanes) is 1. The summed E-state index contributed by atoms with van der Waals surface area (Å²) in [5, 5.41) is 17.0. The van der Waals surface area contributed by atoms with E-state index in [1.807, 2.05) is 26.2 Å². The van der Waals surface area contributed by atoms with Gasteiger partial charge < -0.3 is 20.4 Å². The largest absolute Gasteiger partial charge is 0.427 e. The molecular weight excluding hydrogens is 323 g/mol. The quantitative estimate of drug-likeness (QED) is 0.490. The van der Waals surface area contributed by atoms with Crippen molar-refractivity contribution in [1.29, 1.82) is 0 Å². The van der Waals surface area contributed by atoms with E-state index in [0.717, 1.165) is 6.54 Å². The molecule has 0 amide bonds. The van der Waals surface area contributed by atoms with Gasteiger partial charge in [-0.2, -0.15) is 0 Å². The Labute approximate surface area is 161 Å². The van der Waals surface area contributed by atoms with Gasteiger partial charge in [0.15, 0.2) is 0 Å².